The predicted molar refractivity (Wildman–Crippen MR) is 56.0 cm³/mol. The highest BCUT2D eigenvalue weighted by Gasteiger charge is 2.30. The van der Waals surface area contributed by atoms with Gasteiger partial charge in [-0.15, -0.1) is 0 Å². The number of hydrogen-bond acceptors (Lipinski definition) is 4. The van der Waals surface area contributed by atoms with E-state index in [9.17, 15) is 14.7 Å². The van der Waals surface area contributed by atoms with Gasteiger partial charge in [-0.2, -0.15) is 0 Å². The van der Waals surface area contributed by atoms with Gasteiger partial charge in [0.1, 0.15) is 0 Å². The van der Waals surface area contributed by atoms with Crippen LogP contribution < -0.4 is 5.32 Å². The Kier molecular flexibility index (Phi) is 5.19. The second kappa shape index (κ2) is 5.66. The first kappa shape index (κ1) is 14.7. The van der Waals surface area contributed by atoms with Gasteiger partial charge >= 0.3 is 12.0 Å². The van der Waals surface area contributed by atoms with Crippen molar-refractivity contribution in [1.82, 2.24) is 10.2 Å². The van der Waals surface area contributed by atoms with Crippen molar-refractivity contribution in [3.63, 3.8) is 0 Å². The standard InChI is InChI=1S/C9H18N2O5/c1-6(12)4-11(3)8(15)10-5-9(2,16)7(13)14/h6,12,16H,4-5H2,1-3H3,(H,10,15)(H,13,14). The van der Waals surface area contributed by atoms with Crippen LogP contribution in [0, 0.1) is 0 Å². The number of carbonyl (C=O) groups excluding carboxylic acids is 1. The van der Waals surface area contributed by atoms with Crippen molar-refractivity contribution >= 4 is 12.0 Å². The largest absolute Gasteiger partial charge is 0.479 e. The number of nitrogens with zero attached hydrogens (tertiary/aromatic N) is 1. The van der Waals surface area contributed by atoms with E-state index in [4.69, 9.17) is 10.2 Å². The van der Waals surface area contributed by atoms with Crippen LogP contribution in [0.15, 0.2) is 0 Å². The fraction of sp³-hybridized carbons (Fsp3) is 0.778. The molecule has 0 aliphatic rings. The number of carbonyl (C=O) groups is 2. The molecule has 0 rings (SSSR count). The number of carboxylic acid groups (broad SMARTS) is 1. The quantitative estimate of drug-likeness (QED) is 0.480. The Morgan fingerprint density at radius 1 is 1.50 bits per heavy atom. The molecule has 7 heteroatoms. The second-order valence-corrected chi connectivity index (χ2v) is 3.97. The van der Waals surface area contributed by atoms with Crippen molar-refractivity contribution in [3.05, 3.63) is 0 Å². The number of urea groups is 1. The molecule has 7 nitrogen and oxygen atoms in total. The minimum absolute atomic E-state index is 0.126. The van der Waals surface area contributed by atoms with E-state index in [1.165, 1.54) is 18.9 Å². The van der Waals surface area contributed by atoms with Crippen molar-refractivity contribution in [1.29, 1.82) is 0 Å². The molecule has 0 aromatic heterocycles. The number of likely N-dealkylation sites (N-methyl/N-ethyl adjacent to an activating group) is 1. The van der Waals surface area contributed by atoms with Crippen LogP contribution in [0.5, 0.6) is 0 Å². The molecule has 2 unspecified atom stereocenters. The third kappa shape index (κ3) is 4.94. The number of aliphatic carboxylic acids is 1. The Balaban J connectivity index is 4.12. The maximum Gasteiger partial charge on any atom is 0.337 e. The number of hydrogen-bond donors (Lipinski definition) is 4. The topological polar surface area (TPSA) is 110 Å². The summed E-state index contributed by atoms with van der Waals surface area (Å²) in [7, 11) is 1.46. The first-order valence-corrected chi connectivity index (χ1v) is 4.79. The summed E-state index contributed by atoms with van der Waals surface area (Å²) in [4.78, 5) is 23.1. The third-order valence-corrected chi connectivity index (χ3v) is 1.93. The molecular weight excluding hydrogens is 216 g/mol. The first-order chi connectivity index (χ1) is 7.16. The van der Waals surface area contributed by atoms with Gasteiger partial charge in [-0.05, 0) is 13.8 Å². The van der Waals surface area contributed by atoms with E-state index in [2.05, 4.69) is 5.32 Å². The van der Waals surface area contributed by atoms with Crippen LogP contribution in [0.2, 0.25) is 0 Å². The van der Waals surface area contributed by atoms with E-state index in [0.29, 0.717) is 0 Å². The number of nitrogens with one attached hydrogen (secondary N) is 1. The van der Waals surface area contributed by atoms with Crippen molar-refractivity contribution < 1.29 is 24.9 Å². The van der Waals surface area contributed by atoms with Crippen LogP contribution in [0.3, 0.4) is 0 Å². The molecule has 0 spiro atoms. The minimum Gasteiger partial charge on any atom is -0.479 e. The second-order valence-electron chi connectivity index (χ2n) is 3.97. The van der Waals surface area contributed by atoms with E-state index < -0.39 is 30.3 Å². The monoisotopic (exact) mass is 234 g/mol. The zero-order valence-electron chi connectivity index (χ0n) is 9.60. The molecule has 4 N–H and O–H groups in total. The summed E-state index contributed by atoms with van der Waals surface area (Å²) in [5.41, 5.74) is -2.00. The van der Waals surface area contributed by atoms with Crippen molar-refractivity contribution in [2.45, 2.75) is 25.6 Å². The number of rotatable bonds is 5. The Bertz CT molecular complexity index is 265. The maximum absolute atomic E-state index is 11.3. The van der Waals surface area contributed by atoms with Crippen LogP contribution in [0.4, 0.5) is 4.79 Å². The molecule has 16 heavy (non-hydrogen) atoms. The lowest BCUT2D eigenvalue weighted by Crippen LogP contribution is -2.50. The van der Waals surface area contributed by atoms with Gasteiger partial charge in [0.25, 0.3) is 0 Å². The minimum atomic E-state index is -2.00. The maximum atomic E-state index is 11.3. The molecule has 2 amide bonds. The number of aliphatic hydroxyl groups excluding tert-OH is 1. The van der Waals surface area contributed by atoms with Crippen molar-refractivity contribution in [3.8, 4) is 0 Å². The van der Waals surface area contributed by atoms with Gasteiger partial charge in [0, 0.05) is 13.6 Å². The highest BCUT2D eigenvalue weighted by Crippen LogP contribution is 2.01. The zero-order valence-corrected chi connectivity index (χ0v) is 9.60. The molecular formula is C9H18N2O5. The normalized spacial score (nSPS) is 16.1. The van der Waals surface area contributed by atoms with Gasteiger partial charge in [-0.3, -0.25) is 0 Å². The molecule has 2 atom stereocenters. The van der Waals surface area contributed by atoms with Gasteiger partial charge in [-0.25, -0.2) is 9.59 Å². The Morgan fingerprint density at radius 2 is 2.00 bits per heavy atom. The van der Waals surface area contributed by atoms with E-state index in [1.54, 1.807) is 0 Å². The predicted octanol–water partition coefficient (Wildman–Crippen LogP) is -1.16. The first-order valence-electron chi connectivity index (χ1n) is 4.79. The lowest BCUT2D eigenvalue weighted by Gasteiger charge is -2.23. The lowest BCUT2D eigenvalue weighted by molar-refractivity contribution is -0.155. The van der Waals surface area contributed by atoms with Gasteiger partial charge in [-0.1, -0.05) is 0 Å². The number of carboxylic acids is 1. The summed E-state index contributed by atoms with van der Waals surface area (Å²) in [6, 6.07) is -0.553. The summed E-state index contributed by atoms with van der Waals surface area (Å²) < 4.78 is 0. The van der Waals surface area contributed by atoms with Crippen LogP contribution in [-0.4, -0.2) is 64.1 Å². The van der Waals surface area contributed by atoms with Gasteiger partial charge in [0.15, 0.2) is 5.60 Å². The number of amides is 2. The van der Waals surface area contributed by atoms with Crippen molar-refractivity contribution in [2.75, 3.05) is 20.1 Å². The molecule has 0 aliphatic heterocycles. The van der Waals surface area contributed by atoms with E-state index in [0.717, 1.165) is 6.92 Å². The highest BCUT2D eigenvalue weighted by molar-refractivity contribution is 5.79. The van der Waals surface area contributed by atoms with Crippen molar-refractivity contribution in [2.24, 2.45) is 0 Å². The van der Waals surface area contributed by atoms with Crippen LogP contribution >= 0.6 is 0 Å². The molecule has 0 saturated carbocycles. The summed E-state index contributed by atoms with van der Waals surface area (Å²) in [6.07, 6.45) is -0.671. The van der Waals surface area contributed by atoms with E-state index in [-0.39, 0.29) is 6.54 Å². The summed E-state index contributed by atoms with van der Waals surface area (Å²) in [6.45, 7) is 2.34. The third-order valence-electron chi connectivity index (χ3n) is 1.93. The van der Waals surface area contributed by atoms with Gasteiger partial charge in [0.05, 0.1) is 12.6 Å². The Morgan fingerprint density at radius 3 is 2.38 bits per heavy atom. The summed E-state index contributed by atoms with van der Waals surface area (Å²) in [5, 5.41) is 29.2. The van der Waals surface area contributed by atoms with E-state index >= 15 is 0 Å². The Labute approximate surface area is 93.7 Å². The van der Waals surface area contributed by atoms with E-state index in [1.807, 2.05) is 0 Å². The molecule has 0 heterocycles. The number of aliphatic hydroxyl groups is 2. The molecule has 0 aromatic carbocycles. The summed E-state index contributed by atoms with van der Waals surface area (Å²) in [5.74, 6) is -1.41. The zero-order chi connectivity index (χ0) is 12.9. The average Bonchev–Trinajstić information content (AvgIpc) is 2.12. The fourth-order valence-corrected chi connectivity index (χ4v) is 0.938. The molecule has 0 aliphatic carbocycles. The van der Waals surface area contributed by atoms with Crippen LogP contribution in [0.1, 0.15) is 13.8 Å². The molecule has 0 aromatic rings. The van der Waals surface area contributed by atoms with Crippen LogP contribution in [-0.2, 0) is 4.79 Å². The summed E-state index contributed by atoms with van der Waals surface area (Å²) >= 11 is 0. The SMILES string of the molecule is CC(O)CN(C)C(=O)NCC(C)(O)C(=O)O. The molecule has 0 saturated heterocycles. The average molecular weight is 234 g/mol. The highest BCUT2D eigenvalue weighted by atomic mass is 16.4. The molecule has 0 bridgehead atoms. The van der Waals surface area contributed by atoms with Crippen LogP contribution in [0.25, 0.3) is 0 Å². The van der Waals surface area contributed by atoms with Gasteiger partial charge < -0.3 is 25.5 Å². The molecule has 0 fully saturated rings. The fourth-order valence-electron chi connectivity index (χ4n) is 0.938. The lowest BCUT2D eigenvalue weighted by atomic mass is 10.1. The Hall–Kier alpha value is -1.34. The van der Waals surface area contributed by atoms with Gasteiger partial charge in [0.2, 0.25) is 0 Å². The molecule has 94 valence electrons. The molecule has 0 radical (unpaired) electrons. The smallest absolute Gasteiger partial charge is 0.337 e.